The summed E-state index contributed by atoms with van der Waals surface area (Å²) in [5.41, 5.74) is 4.39. The van der Waals surface area contributed by atoms with Gasteiger partial charge in [-0.15, -0.1) is 0 Å². The SMILES string of the molecule is CC[Si](CC)(CC)O[C@@H](CN[C@H](Cc1ccccc1)c1cnccc1OC)c1ccc(OCc2ccccc2)c(NS(C)(=O)=O)c1. The molecule has 1 heterocycles. The second-order valence-electron chi connectivity index (χ2n) is 11.5. The highest BCUT2D eigenvalue weighted by atomic mass is 32.2. The van der Waals surface area contributed by atoms with Gasteiger partial charge in [0, 0.05) is 30.5 Å². The number of rotatable bonds is 18. The van der Waals surface area contributed by atoms with Crippen LogP contribution in [0.1, 0.15) is 55.2 Å². The Morgan fingerprint density at radius 1 is 0.848 bits per heavy atom. The number of hydrogen-bond acceptors (Lipinski definition) is 7. The molecule has 0 spiro atoms. The Hall–Kier alpha value is -3.70. The monoisotopic (exact) mass is 661 g/mol. The Labute approximate surface area is 275 Å². The summed E-state index contributed by atoms with van der Waals surface area (Å²) in [6.45, 7) is 7.43. The zero-order chi connectivity index (χ0) is 33.0. The number of sulfonamides is 1. The van der Waals surface area contributed by atoms with Crippen LogP contribution in [0.3, 0.4) is 0 Å². The third-order valence-electron chi connectivity index (χ3n) is 8.47. The lowest BCUT2D eigenvalue weighted by Gasteiger charge is -2.35. The molecule has 2 atom stereocenters. The molecular formula is C36H47N3O5SSi. The summed E-state index contributed by atoms with van der Waals surface area (Å²) >= 11 is 0. The zero-order valence-electron chi connectivity index (χ0n) is 27.5. The highest BCUT2D eigenvalue weighted by Gasteiger charge is 2.33. The normalized spacial score (nSPS) is 13.2. The minimum atomic E-state index is -3.58. The lowest BCUT2D eigenvalue weighted by molar-refractivity contribution is 0.180. The van der Waals surface area contributed by atoms with E-state index in [1.165, 1.54) is 5.56 Å². The molecule has 0 fully saturated rings. The summed E-state index contributed by atoms with van der Waals surface area (Å²) in [6.07, 6.45) is 5.12. The molecular weight excluding hydrogens is 615 g/mol. The Morgan fingerprint density at radius 3 is 2.11 bits per heavy atom. The predicted octanol–water partition coefficient (Wildman–Crippen LogP) is 7.68. The van der Waals surface area contributed by atoms with Crippen molar-refractivity contribution < 1.29 is 22.3 Å². The van der Waals surface area contributed by atoms with Crippen molar-refractivity contribution in [1.82, 2.24) is 10.3 Å². The fourth-order valence-corrected chi connectivity index (χ4v) is 9.03. The average molecular weight is 662 g/mol. The van der Waals surface area contributed by atoms with Crippen LogP contribution in [-0.4, -0.2) is 41.6 Å². The molecule has 0 radical (unpaired) electrons. The first kappa shape index (κ1) is 35.2. The van der Waals surface area contributed by atoms with Crippen LogP contribution in [-0.2, 0) is 27.5 Å². The van der Waals surface area contributed by atoms with E-state index in [4.69, 9.17) is 13.9 Å². The van der Waals surface area contributed by atoms with Crippen molar-refractivity contribution in [1.29, 1.82) is 0 Å². The number of nitrogens with zero attached hydrogens (tertiary/aromatic N) is 1. The number of pyridine rings is 1. The van der Waals surface area contributed by atoms with E-state index in [0.717, 1.165) is 53.2 Å². The van der Waals surface area contributed by atoms with Crippen molar-refractivity contribution >= 4 is 24.0 Å². The van der Waals surface area contributed by atoms with Crippen LogP contribution in [0.25, 0.3) is 0 Å². The fourth-order valence-electron chi connectivity index (χ4n) is 5.65. The van der Waals surface area contributed by atoms with Gasteiger partial charge < -0.3 is 19.2 Å². The zero-order valence-corrected chi connectivity index (χ0v) is 29.3. The first-order chi connectivity index (χ1) is 22.2. The highest BCUT2D eigenvalue weighted by molar-refractivity contribution is 7.92. The molecule has 46 heavy (non-hydrogen) atoms. The van der Waals surface area contributed by atoms with Gasteiger partial charge in [0.2, 0.25) is 10.0 Å². The van der Waals surface area contributed by atoms with Gasteiger partial charge in [0.25, 0.3) is 0 Å². The Kier molecular flexibility index (Phi) is 12.8. The quantitative estimate of drug-likeness (QED) is 0.106. The summed E-state index contributed by atoms with van der Waals surface area (Å²) < 4.78 is 46.6. The van der Waals surface area contributed by atoms with Gasteiger partial charge in [0.05, 0.1) is 25.2 Å². The van der Waals surface area contributed by atoms with Crippen LogP contribution in [0, 0.1) is 0 Å². The molecule has 4 aromatic rings. The van der Waals surface area contributed by atoms with Gasteiger partial charge in [-0.1, -0.05) is 87.5 Å². The number of ether oxygens (including phenoxy) is 2. The molecule has 0 aliphatic heterocycles. The van der Waals surface area contributed by atoms with Gasteiger partial charge in [-0.05, 0) is 59.4 Å². The van der Waals surface area contributed by atoms with E-state index in [0.29, 0.717) is 24.6 Å². The van der Waals surface area contributed by atoms with Gasteiger partial charge in [0.1, 0.15) is 18.1 Å². The number of hydrogen-bond donors (Lipinski definition) is 2. The number of methoxy groups -OCH3 is 1. The first-order valence-corrected chi connectivity index (χ1v) is 20.3. The minimum absolute atomic E-state index is 0.111. The van der Waals surface area contributed by atoms with E-state index < -0.39 is 18.3 Å². The molecule has 0 aliphatic rings. The smallest absolute Gasteiger partial charge is 0.229 e. The molecule has 2 N–H and O–H groups in total. The lowest BCUT2D eigenvalue weighted by atomic mass is 9.98. The molecule has 4 rings (SSSR count). The van der Waals surface area contributed by atoms with Gasteiger partial charge in [-0.25, -0.2) is 8.42 Å². The van der Waals surface area contributed by atoms with Crippen molar-refractivity contribution in [3.8, 4) is 11.5 Å². The first-order valence-electron chi connectivity index (χ1n) is 15.9. The highest BCUT2D eigenvalue weighted by Crippen LogP contribution is 2.35. The van der Waals surface area contributed by atoms with E-state index in [9.17, 15) is 8.42 Å². The number of nitrogens with one attached hydrogen (secondary N) is 2. The van der Waals surface area contributed by atoms with Crippen molar-refractivity contribution in [3.63, 3.8) is 0 Å². The van der Waals surface area contributed by atoms with E-state index in [-0.39, 0.29) is 12.1 Å². The lowest BCUT2D eigenvalue weighted by Crippen LogP contribution is -2.40. The van der Waals surface area contributed by atoms with Crippen LogP contribution >= 0.6 is 0 Å². The third kappa shape index (κ3) is 9.90. The molecule has 0 amide bonds. The van der Waals surface area contributed by atoms with E-state index in [2.05, 4.69) is 47.9 Å². The third-order valence-corrected chi connectivity index (χ3v) is 13.7. The number of aromatic nitrogens is 1. The van der Waals surface area contributed by atoms with Crippen LogP contribution in [0.5, 0.6) is 11.5 Å². The molecule has 0 saturated carbocycles. The minimum Gasteiger partial charge on any atom is -0.496 e. The molecule has 3 aromatic carbocycles. The summed E-state index contributed by atoms with van der Waals surface area (Å²) in [4.78, 5) is 4.41. The molecule has 0 unspecified atom stereocenters. The van der Waals surface area contributed by atoms with Crippen molar-refractivity contribution in [2.24, 2.45) is 0 Å². The fraction of sp³-hybridized carbons (Fsp3) is 0.361. The second kappa shape index (κ2) is 16.7. The number of anilines is 1. The Bertz CT molecular complexity index is 1610. The molecule has 0 aliphatic carbocycles. The van der Waals surface area contributed by atoms with E-state index in [1.807, 2.05) is 79.0 Å². The Balaban J connectivity index is 1.70. The van der Waals surface area contributed by atoms with Gasteiger partial charge in [0.15, 0.2) is 8.32 Å². The second-order valence-corrected chi connectivity index (χ2v) is 18.0. The number of benzene rings is 3. The van der Waals surface area contributed by atoms with Crippen LogP contribution < -0.4 is 19.5 Å². The maximum atomic E-state index is 12.5. The molecule has 8 nitrogen and oxygen atoms in total. The van der Waals surface area contributed by atoms with Crippen LogP contribution in [0.2, 0.25) is 18.1 Å². The maximum Gasteiger partial charge on any atom is 0.229 e. The van der Waals surface area contributed by atoms with Crippen molar-refractivity contribution in [2.75, 3.05) is 24.6 Å². The summed E-state index contributed by atoms with van der Waals surface area (Å²) in [7, 11) is -3.99. The van der Waals surface area contributed by atoms with E-state index >= 15 is 0 Å². The molecule has 0 bridgehead atoms. The van der Waals surface area contributed by atoms with Crippen molar-refractivity contribution in [2.45, 2.75) is 64.1 Å². The molecule has 1 aromatic heterocycles. The van der Waals surface area contributed by atoms with Crippen molar-refractivity contribution in [3.05, 3.63) is 120 Å². The van der Waals surface area contributed by atoms with Crippen LogP contribution in [0.15, 0.2) is 97.3 Å². The average Bonchev–Trinajstić information content (AvgIpc) is 3.08. The van der Waals surface area contributed by atoms with Gasteiger partial charge in [-0.3, -0.25) is 9.71 Å². The summed E-state index contributed by atoms with van der Waals surface area (Å²) in [5.74, 6) is 1.22. The van der Waals surface area contributed by atoms with Gasteiger partial charge >= 0.3 is 0 Å². The summed E-state index contributed by atoms with van der Waals surface area (Å²) in [6, 6.07) is 30.5. The topological polar surface area (TPSA) is 98.8 Å². The maximum absolute atomic E-state index is 12.5. The summed E-state index contributed by atoms with van der Waals surface area (Å²) in [5, 5.41) is 3.79. The molecule has 10 heteroatoms. The predicted molar refractivity (Wildman–Crippen MR) is 188 cm³/mol. The molecule has 246 valence electrons. The van der Waals surface area contributed by atoms with E-state index in [1.54, 1.807) is 13.3 Å². The standard InChI is InChI=1S/C36H47N3O5SSi/c1-6-46(7-2,8-3)44-36(26-38-32(23-28-15-11-9-12-16-28)31-25-37-22-21-34(31)42-4)30-19-20-35(33(24-30)39-45(5,40)41)43-27-29-17-13-10-14-18-29/h9-22,24-25,32,36,38-39H,6-8,23,26-27H2,1-5H3/t32-,36+/m1/s1. The largest absolute Gasteiger partial charge is 0.496 e. The Morgan fingerprint density at radius 2 is 1.50 bits per heavy atom. The molecule has 0 saturated heterocycles. The van der Waals surface area contributed by atoms with Gasteiger partial charge in [-0.2, -0.15) is 0 Å². The van der Waals surface area contributed by atoms with Crippen LogP contribution in [0.4, 0.5) is 5.69 Å².